The zero-order valence-corrected chi connectivity index (χ0v) is 14.1. The highest BCUT2D eigenvalue weighted by Gasteiger charge is 2.04. The van der Waals surface area contributed by atoms with E-state index in [1.54, 1.807) is 14.1 Å². The SMILES string of the molecule is Cc1cc(C)nc(CCOc2ccc(NC(=O)N(C)C)cc2)c1. The number of nitrogens with zero attached hydrogens (tertiary/aromatic N) is 2. The molecular formula is C18H23N3O2. The van der Waals surface area contributed by atoms with Crippen LogP contribution < -0.4 is 10.1 Å². The molecule has 2 rings (SSSR count). The smallest absolute Gasteiger partial charge is 0.321 e. The maximum Gasteiger partial charge on any atom is 0.321 e. The largest absolute Gasteiger partial charge is 0.493 e. The molecule has 1 aromatic heterocycles. The van der Waals surface area contributed by atoms with E-state index in [0.29, 0.717) is 6.61 Å². The number of carbonyl (C=O) groups is 1. The van der Waals surface area contributed by atoms with Crippen molar-refractivity contribution >= 4 is 11.7 Å². The topological polar surface area (TPSA) is 54.5 Å². The number of amides is 2. The number of urea groups is 1. The lowest BCUT2D eigenvalue weighted by atomic mass is 10.2. The van der Waals surface area contributed by atoms with Gasteiger partial charge in [0.2, 0.25) is 0 Å². The summed E-state index contributed by atoms with van der Waals surface area (Å²) >= 11 is 0. The first-order chi connectivity index (χ1) is 10.9. The molecule has 5 nitrogen and oxygen atoms in total. The molecule has 23 heavy (non-hydrogen) atoms. The molecule has 0 spiro atoms. The van der Waals surface area contributed by atoms with Gasteiger partial charge in [0.1, 0.15) is 5.75 Å². The Labute approximate surface area is 137 Å². The summed E-state index contributed by atoms with van der Waals surface area (Å²) in [7, 11) is 3.40. The van der Waals surface area contributed by atoms with Crippen LogP contribution in [-0.4, -0.2) is 36.6 Å². The average Bonchev–Trinajstić information content (AvgIpc) is 2.48. The first kappa shape index (κ1) is 16.8. The minimum absolute atomic E-state index is 0.153. The highest BCUT2D eigenvalue weighted by atomic mass is 16.5. The van der Waals surface area contributed by atoms with Gasteiger partial charge in [-0.05, 0) is 55.8 Å². The Balaban J connectivity index is 1.85. The lowest BCUT2D eigenvalue weighted by molar-refractivity contribution is 0.230. The molecule has 2 amide bonds. The van der Waals surface area contributed by atoms with E-state index in [2.05, 4.69) is 29.4 Å². The van der Waals surface area contributed by atoms with Crippen molar-refractivity contribution in [2.75, 3.05) is 26.0 Å². The van der Waals surface area contributed by atoms with Gasteiger partial charge in [0.25, 0.3) is 0 Å². The fraction of sp³-hybridized carbons (Fsp3) is 0.333. The summed E-state index contributed by atoms with van der Waals surface area (Å²) in [6.07, 6.45) is 0.766. The standard InChI is InChI=1S/C18H23N3O2/c1-13-11-14(2)19-16(12-13)9-10-23-17-7-5-15(6-8-17)20-18(22)21(3)4/h5-8,11-12H,9-10H2,1-4H3,(H,20,22). The van der Waals surface area contributed by atoms with Gasteiger partial charge in [-0.2, -0.15) is 0 Å². The summed E-state index contributed by atoms with van der Waals surface area (Å²) in [4.78, 5) is 17.5. The van der Waals surface area contributed by atoms with Crippen molar-refractivity contribution in [3.8, 4) is 5.75 Å². The van der Waals surface area contributed by atoms with E-state index in [0.717, 1.165) is 29.2 Å². The second kappa shape index (κ2) is 7.63. The molecule has 5 heteroatoms. The normalized spacial score (nSPS) is 10.3. The van der Waals surface area contributed by atoms with Crippen LogP contribution in [0.2, 0.25) is 0 Å². The van der Waals surface area contributed by atoms with Crippen LogP contribution in [0.1, 0.15) is 17.0 Å². The number of hydrogen-bond acceptors (Lipinski definition) is 3. The fourth-order valence-corrected chi connectivity index (χ4v) is 2.20. The van der Waals surface area contributed by atoms with E-state index < -0.39 is 0 Å². The molecule has 0 fully saturated rings. The number of ether oxygens (including phenoxy) is 1. The number of anilines is 1. The van der Waals surface area contributed by atoms with Crippen LogP contribution in [-0.2, 0) is 6.42 Å². The van der Waals surface area contributed by atoms with Gasteiger partial charge in [-0.1, -0.05) is 0 Å². The van der Waals surface area contributed by atoms with Gasteiger partial charge >= 0.3 is 6.03 Å². The van der Waals surface area contributed by atoms with Gasteiger partial charge in [0, 0.05) is 37.6 Å². The number of carbonyl (C=O) groups excluding carboxylic acids is 1. The zero-order valence-electron chi connectivity index (χ0n) is 14.1. The quantitative estimate of drug-likeness (QED) is 0.920. The monoisotopic (exact) mass is 313 g/mol. The summed E-state index contributed by atoms with van der Waals surface area (Å²) in [5, 5.41) is 2.78. The second-order valence-corrected chi connectivity index (χ2v) is 5.72. The predicted octanol–water partition coefficient (Wildman–Crippen LogP) is 3.41. The minimum Gasteiger partial charge on any atom is -0.493 e. The van der Waals surface area contributed by atoms with E-state index >= 15 is 0 Å². The predicted molar refractivity (Wildman–Crippen MR) is 92.1 cm³/mol. The van der Waals surface area contributed by atoms with E-state index in [4.69, 9.17) is 4.74 Å². The van der Waals surface area contributed by atoms with E-state index in [1.165, 1.54) is 10.5 Å². The Bertz CT molecular complexity index is 646. The van der Waals surface area contributed by atoms with Gasteiger partial charge in [-0.25, -0.2) is 4.79 Å². The van der Waals surface area contributed by atoms with Crippen LogP contribution >= 0.6 is 0 Å². The van der Waals surface area contributed by atoms with Crippen LogP contribution in [0, 0.1) is 13.8 Å². The van der Waals surface area contributed by atoms with Crippen molar-refractivity contribution in [1.29, 1.82) is 0 Å². The zero-order chi connectivity index (χ0) is 16.8. The minimum atomic E-state index is -0.153. The van der Waals surface area contributed by atoms with Gasteiger partial charge < -0.3 is 15.0 Å². The van der Waals surface area contributed by atoms with Crippen LogP contribution in [0.25, 0.3) is 0 Å². The van der Waals surface area contributed by atoms with E-state index in [9.17, 15) is 4.79 Å². The number of rotatable bonds is 5. The van der Waals surface area contributed by atoms with Crippen molar-refractivity contribution in [3.05, 3.63) is 53.3 Å². The average molecular weight is 313 g/mol. The Morgan fingerprint density at radius 2 is 1.87 bits per heavy atom. The molecule has 0 unspecified atom stereocenters. The summed E-state index contributed by atoms with van der Waals surface area (Å²) in [5.41, 5.74) is 4.03. The summed E-state index contributed by atoms with van der Waals surface area (Å²) in [6.45, 7) is 4.64. The number of aryl methyl sites for hydroxylation is 2. The molecule has 122 valence electrons. The Morgan fingerprint density at radius 3 is 2.48 bits per heavy atom. The molecule has 0 saturated heterocycles. The molecule has 1 N–H and O–H groups in total. The van der Waals surface area contributed by atoms with E-state index in [1.807, 2.05) is 31.2 Å². The molecular weight excluding hydrogens is 290 g/mol. The van der Waals surface area contributed by atoms with Crippen molar-refractivity contribution in [1.82, 2.24) is 9.88 Å². The Kier molecular flexibility index (Phi) is 5.57. The Hall–Kier alpha value is -2.56. The highest BCUT2D eigenvalue weighted by Crippen LogP contribution is 2.16. The van der Waals surface area contributed by atoms with Crippen molar-refractivity contribution in [2.24, 2.45) is 0 Å². The maximum absolute atomic E-state index is 11.6. The number of hydrogen-bond donors (Lipinski definition) is 1. The molecule has 0 aliphatic heterocycles. The summed E-state index contributed by atoms with van der Waals surface area (Å²) in [5.74, 6) is 0.775. The van der Waals surface area contributed by atoms with Crippen LogP contribution in [0.4, 0.5) is 10.5 Å². The van der Waals surface area contributed by atoms with Gasteiger partial charge in [-0.3, -0.25) is 4.98 Å². The first-order valence-corrected chi connectivity index (χ1v) is 7.59. The molecule has 1 aromatic carbocycles. The number of aromatic nitrogens is 1. The lowest BCUT2D eigenvalue weighted by Gasteiger charge is -2.12. The molecule has 0 saturated carbocycles. The van der Waals surface area contributed by atoms with Gasteiger partial charge in [0.05, 0.1) is 6.61 Å². The van der Waals surface area contributed by atoms with Crippen molar-refractivity contribution in [2.45, 2.75) is 20.3 Å². The molecule has 0 radical (unpaired) electrons. The lowest BCUT2D eigenvalue weighted by Crippen LogP contribution is -2.27. The first-order valence-electron chi connectivity index (χ1n) is 7.59. The number of benzene rings is 1. The van der Waals surface area contributed by atoms with Crippen LogP contribution in [0.5, 0.6) is 5.75 Å². The molecule has 0 aliphatic rings. The second-order valence-electron chi connectivity index (χ2n) is 5.72. The molecule has 0 aliphatic carbocycles. The third kappa shape index (κ3) is 5.29. The van der Waals surface area contributed by atoms with Crippen LogP contribution in [0.3, 0.4) is 0 Å². The highest BCUT2D eigenvalue weighted by molar-refractivity contribution is 5.88. The molecule has 2 aromatic rings. The van der Waals surface area contributed by atoms with Gasteiger partial charge in [0.15, 0.2) is 0 Å². The van der Waals surface area contributed by atoms with Crippen molar-refractivity contribution < 1.29 is 9.53 Å². The Morgan fingerprint density at radius 1 is 1.17 bits per heavy atom. The third-order valence-corrected chi connectivity index (χ3v) is 3.29. The van der Waals surface area contributed by atoms with E-state index in [-0.39, 0.29) is 6.03 Å². The summed E-state index contributed by atoms with van der Waals surface area (Å²) in [6, 6.07) is 11.3. The summed E-state index contributed by atoms with van der Waals surface area (Å²) < 4.78 is 5.73. The number of pyridine rings is 1. The van der Waals surface area contributed by atoms with Gasteiger partial charge in [-0.15, -0.1) is 0 Å². The third-order valence-electron chi connectivity index (χ3n) is 3.29. The maximum atomic E-state index is 11.6. The van der Waals surface area contributed by atoms with Crippen molar-refractivity contribution in [3.63, 3.8) is 0 Å². The number of nitrogens with one attached hydrogen (secondary N) is 1. The van der Waals surface area contributed by atoms with Crippen LogP contribution in [0.15, 0.2) is 36.4 Å². The molecule has 1 heterocycles. The molecule has 0 bridgehead atoms. The molecule has 0 atom stereocenters. The fourth-order valence-electron chi connectivity index (χ4n) is 2.20.